The van der Waals surface area contributed by atoms with E-state index in [9.17, 15) is 0 Å². The second-order valence-corrected chi connectivity index (χ2v) is 4.89. The van der Waals surface area contributed by atoms with E-state index in [2.05, 4.69) is 30.8 Å². The molecule has 3 heteroatoms. The first-order valence-electron chi connectivity index (χ1n) is 5.72. The second kappa shape index (κ2) is 5.69. The van der Waals surface area contributed by atoms with Crippen molar-refractivity contribution in [1.29, 1.82) is 0 Å². The van der Waals surface area contributed by atoms with E-state index in [4.69, 9.17) is 5.73 Å². The molecule has 2 N–H and O–H groups in total. The number of nitrogens with two attached hydrogens (primary N) is 1. The molecule has 14 heavy (non-hydrogen) atoms. The fourth-order valence-electron chi connectivity index (χ4n) is 2.24. The Morgan fingerprint density at radius 1 is 1.50 bits per heavy atom. The molecule has 0 aromatic heterocycles. The van der Waals surface area contributed by atoms with E-state index in [0.717, 1.165) is 12.6 Å². The highest BCUT2D eigenvalue weighted by Crippen LogP contribution is 2.18. The molecule has 1 aliphatic heterocycles. The van der Waals surface area contributed by atoms with Crippen LogP contribution in [0.25, 0.3) is 0 Å². The summed E-state index contributed by atoms with van der Waals surface area (Å²) in [6, 6.07) is 0.763. The van der Waals surface area contributed by atoms with E-state index in [0.29, 0.717) is 5.92 Å². The molecule has 2 unspecified atom stereocenters. The monoisotopic (exact) mass is 199 g/mol. The smallest absolute Gasteiger partial charge is 0.0223 e. The van der Waals surface area contributed by atoms with Crippen LogP contribution in [0.3, 0.4) is 0 Å². The van der Waals surface area contributed by atoms with Gasteiger partial charge in [-0.2, -0.15) is 0 Å². The molecule has 0 bridgehead atoms. The summed E-state index contributed by atoms with van der Waals surface area (Å²) in [5, 5.41) is 0. The van der Waals surface area contributed by atoms with Gasteiger partial charge in [0, 0.05) is 19.1 Å². The molecule has 3 nitrogen and oxygen atoms in total. The van der Waals surface area contributed by atoms with E-state index < -0.39 is 0 Å². The van der Waals surface area contributed by atoms with Crippen LogP contribution < -0.4 is 5.73 Å². The molecule has 1 rings (SSSR count). The van der Waals surface area contributed by atoms with Crippen molar-refractivity contribution in [2.75, 3.05) is 40.3 Å². The van der Waals surface area contributed by atoms with Crippen LogP contribution in [0.4, 0.5) is 0 Å². The predicted octanol–water partition coefficient (Wildman–Crippen LogP) is 0.607. The number of likely N-dealkylation sites (N-methyl/N-ethyl adjacent to an activating group) is 1. The fourth-order valence-corrected chi connectivity index (χ4v) is 2.24. The van der Waals surface area contributed by atoms with Crippen LogP contribution in [-0.2, 0) is 0 Å². The summed E-state index contributed by atoms with van der Waals surface area (Å²) in [6.45, 7) is 6.69. The minimum absolute atomic E-state index is 0.637. The van der Waals surface area contributed by atoms with E-state index in [-0.39, 0.29) is 0 Å². The van der Waals surface area contributed by atoms with Crippen LogP contribution in [0.5, 0.6) is 0 Å². The number of hydrogen-bond donors (Lipinski definition) is 1. The molecule has 1 aliphatic rings. The Labute approximate surface area is 88.2 Å². The van der Waals surface area contributed by atoms with Crippen molar-refractivity contribution in [3.63, 3.8) is 0 Å². The molecule has 1 saturated heterocycles. The summed E-state index contributed by atoms with van der Waals surface area (Å²) in [6.07, 6.45) is 2.71. The summed E-state index contributed by atoms with van der Waals surface area (Å²) in [4.78, 5) is 4.90. The Morgan fingerprint density at radius 3 is 2.79 bits per heavy atom. The summed E-state index contributed by atoms with van der Waals surface area (Å²) >= 11 is 0. The summed E-state index contributed by atoms with van der Waals surface area (Å²) < 4.78 is 0. The van der Waals surface area contributed by atoms with Crippen LogP contribution in [0.2, 0.25) is 0 Å². The molecule has 0 spiro atoms. The van der Waals surface area contributed by atoms with E-state index in [1.54, 1.807) is 0 Å². The maximum absolute atomic E-state index is 5.66. The Balaban J connectivity index is 2.35. The van der Waals surface area contributed by atoms with Gasteiger partial charge in [0.05, 0.1) is 0 Å². The average Bonchev–Trinajstić information content (AvgIpc) is 2.52. The third-order valence-electron chi connectivity index (χ3n) is 3.02. The van der Waals surface area contributed by atoms with Gasteiger partial charge in [-0.1, -0.05) is 6.92 Å². The van der Waals surface area contributed by atoms with E-state index in [1.165, 1.54) is 32.5 Å². The lowest BCUT2D eigenvalue weighted by Crippen LogP contribution is -2.40. The first-order chi connectivity index (χ1) is 6.63. The SMILES string of the molecule is CC(CN)CN1CCCC1CN(C)C. The van der Waals surface area contributed by atoms with Crippen LogP contribution >= 0.6 is 0 Å². The van der Waals surface area contributed by atoms with Gasteiger partial charge in [0.25, 0.3) is 0 Å². The zero-order chi connectivity index (χ0) is 10.6. The lowest BCUT2D eigenvalue weighted by molar-refractivity contribution is 0.187. The molecule has 0 aromatic rings. The van der Waals surface area contributed by atoms with Crippen molar-refractivity contribution in [3.8, 4) is 0 Å². The quantitative estimate of drug-likeness (QED) is 0.704. The minimum Gasteiger partial charge on any atom is -0.330 e. The van der Waals surface area contributed by atoms with Gasteiger partial charge in [-0.05, 0) is 45.9 Å². The van der Waals surface area contributed by atoms with Crippen molar-refractivity contribution < 1.29 is 0 Å². The maximum Gasteiger partial charge on any atom is 0.0223 e. The van der Waals surface area contributed by atoms with Crippen LogP contribution in [0.1, 0.15) is 19.8 Å². The molecule has 0 amide bonds. The Hall–Kier alpha value is -0.120. The molecule has 84 valence electrons. The summed E-state index contributed by atoms with van der Waals surface area (Å²) in [7, 11) is 4.31. The third kappa shape index (κ3) is 3.56. The highest BCUT2D eigenvalue weighted by Gasteiger charge is 2.25. The first-order valence-corrected chi connectivity index (χ1v) is 5.72. The van der Waals surface area contributed by atoms with Gasteiger partial charge in [-0.3, -0.25) is 4.90 Å². The minimum atomic E-state index is 0.637. The largest absolute Gasteiger partial charge is 0.330 e. The number of likely N-dealkylation sites (tertiary alicyclic amines) is 1. The van der Waals surface area contributed by atoms with Crippen molar-refractivity contribution in [3.05, 3.63) is 0 Å². The van der Waals surface area contributed by atoms with Crippen molar-refractivity contribution in [2.45, 2.75) is 25.8 Å². The number of nitrogens with zero attached hydrogens (tertiary/aromatic N) is 2. The third-order valence-corrected chi connectivity index (χ3v) is 3.02. The molecule has 1 fully saturated rings. The molecule has 0 aromatic carbocycles. The average molecular weight is 199 g/mol. The zero-order valence-electron chi connectivity index (χ0n) is 9.87. The first kappa shape index (κ1) is 12.0. The van der Waals surface area contributed by atoms with Crippen LogP contribution in [0.15, 0.2) is 0 Å². The van der Waals surface area contributed by atoms with Gasteiger partial charge in [0.2, 0.25) is 0 Å². The molecule has 0 saturated carbocycles. The Morgan fingerprint density at radius 2 is 2.21 bits per heavy atom. The Kier molecular flexibility index (Phi) is 4.85. The molecular weight excluding hydrogens is 174 g/mol. The standard InChI is InChI=1S/C11H25N3/c1-10(7-12)8-14-6-4-5-11(14)9-13(2)3/h10-11H,4-9,12H2,1-3H3. The molecule has 0 radical (unpaired) electrons. The van der Waals surface area contributed by atoms with Crippen LogP contribution in [-0.4, -0.2) is 56.1 Å². The van der Waals surface area contributed by atoms with Crippen LogP contribution in [0, 0.1) is 5.92 Å². The van der Waals surface area contributed by atoms with Gasteiger partial charge < -0.3 is 10.6 Å². The molecule has 0 aliphatic carbocycles. The molecule has 1 heterocycles. The highest BCUT2D eigenvalue weighted by molar-refractivity contribution is 4.81. The number of hydrogen-bond acceptors (Lipinski definition) is 3. The fraction of sp³-hybridized carbons (Fsp3) is 1.00. The van der Waals surface area contributed by atoms with Crippen molar-refractivity contribution in [1.82, 2.24) is 9.80 Å². The highest BCUT2D eigenvalue weighted by atomic mass is 15.2. The van der Waals surface area contributed by atoms with Gasteiger partial charge >= 0.3 is 0 Å². The lowest BCUT2D eigenvalue weighted by Gasteiger charge is -2.28. The van der Waals surface area contributed by atoms with Gasteiger partial charge in [-0.15, -0.1) is 0 Å². The summed E-state index contributed by atoms with van der Waals surface area (Å²) in [5.74, 6) is 0.637. The van der Waals surface area contributed by atoms with Gasteiger partial charge in [0.1, 0.15) is 0 Å². The maximum atomic E-state index is 5.66. The number of rotatable bonds is 5. The summed E-state index contributed by atoms with van der Waals surface area (Å²) in [5.41, 5.74) is 5.66. The topological polar surface area (TPSA) is 32.5 Å². The lowest BCUT2D eigenvalue weighted by atomic mass is 10.1. The van der Waals surface area contributed by atoms with Crippen molar-refractivity contribution in [2.24, 2.45) is 11.7 Å². The van der Waals surface area contributed by atoms with E-state index >= 15 is 0 Å². The molecular formula is C11H25N3. The molecule has 2 atom stereocenters. The normalized spacial score (nSPS) is 25.9. The Bertz CT molecular complexity index is 159. The van der Waals surface area contributed by atoms with Gasteiger partial charge in [0.15, 0.2) is 0 Å². The second-order valence-electron chi connectivity index (χ2n) is 4.89. The predicted molar refractivity (Wildman–Crippen MR) is 61.4 cm³/mol. The zero-order valence-corrected chi connectivity index (χ0v) is 9.87. The van der Waals surface area contributed by atoms with E-state index in [1.807, 2.05) is 0 Å². The van der Waals surface area contributed by atoms with Crippen molar-refractivity contribution >= 4 is 0 Å². The van der Waals surface area contributed by atoms with Gasteiger partial charge in [-0.25, -0.2) is 0 Å².